The van der Waals surface area contributed by atoms with Gasteiger partial charge in [0, 0.05) is 28.9 Å². The van der Waals surface area contributed by atoms with Crippen LogP contribution in [-0.4, -0.2) is 57.8 Å². The molecule has 1 atom stereocenters. The van der Waals surface area contributed by atoms with Gasteiger partial charge in [-0.2, -0.15) is 0 Å². The van der Waals surface area contributed by atoms with Crippen LogP contribution in [0.1, 0.15) is 71.7 Å². The number of aliphatic hydroxyl groups excluding tert-OH is 2. The molecule has 8 nitrogen and oxygen atoms in total. The number of nitrogens with one attached hydrogen (secondary N) is 1. The lowest BCUT2D eigenvalue weighted by atomic mass is 10.1. The first-order valence-corrected chi connectivity index (χ1v) is 16.2. The summed E-state index contributed by atoms with van der Waals surface area (Å²) < 4.78 is 7.07. The summed E-state index contributed by atoms with van der Waals surface area (Å²) in [5, 5.41) is 50.2. The lowest BCUT2D eigenvalue weighted by molar-refractivity contribution is 0.0693. The number of benzene rings is 3. The van der Waals surface area contributed by atoms with E-state index in [9.17, 15) is 25.2 Å². The molecule has 0 fully saturated rings. The molecule has 6 N–H and O–H groups in total. The maximum atomic E-state index is 10.6. The summed E-state index contributed by atoms with van der Waals surface area (Å²) in [6, 6.07) is 18.6. The van der Waals surface area contributed by atoms with Gasteiger partial charge in [0.2, 0.25) is 0 Å². The summed E-state index contributed by atoms with van der Waals surface area (Å²) in [7, 11) is 0. The van der Waals surface area contributed by atoms with E-state index in [-0.39, 0.29) is 23.7 Å². The topological polar surface area (TPSA) is 139 Å². The van der Waals surface area contributed by atoms with E-state index in [1.165, 1.54) is 24.1 Å². The molecule has 0 aliphatic rings. The van der Waals surface area contributed by atoms with Gasteiger partial charge in [0.1, 0.15) is 17.1 Å². The minimum absolute atomic E-state index is 0.0497. The first-order valence-electron chi connectivity index (χ1n) is 14.1. The highest BCUT2D eigenvalue weighted by atomic mass is 127. The molecule has 0 aliphatic heterocycles. The van der Waals surface area contributed by atoms with Crippen LogP contribution >= 0.6 is 45.2 Å². The Morgan fingerprint density at radius 1 is 0.881 bits per heavy atom. The number of carbonyl (C=O) groups is 1. The van der Waals surface area contributed by atoms with Crippen molar-refractivity contribution in [3.63, 3.8) is 0 Å². The minimum Gasteiger partial charge on any atom is -0.508 e. The van der Waals surface area contributed by atoms with E-state index in [4.69, 9.17) is 9.84 Å². The van der Waals surface area contributed by atoms with Crippen LogP contribution in [-0.2, 0) is 17.8 Å². The van der Waals surface area contributed by atoms with Crippen molar-refractivity contribution in [2.24, 2.45) is 0 Å². The number of aromatic hydroxyl groups is 2. The molecule has 3 aromatic carbocycles. The minimum atomic E-state index is -1.11. The summed E-state index contributed by atoms with van der Waals surface area (Å²) in [6.45, 7) is 2.77. The third-order valence-electron chi connectivity index (χ3n) is 6.49. The Kier molecular flexibility index (Phi) is 18.0. The summed E-state index contributed by atoms with van der Waals surface area (Å²) in [5.41, 5.74) is 2.48. The van der Waals surface area contributed by atoms with Crippen LogP contribution in [0.4, 0.5) is 0 Å². The number of ether oxygens (including phenoxy) is 1. The number of unbranched alkanes of at least 4 members (excludes halogenated alkanes) is 4. The molecule has 3 aromatic rings. The molecule has 42 heavy (non-hydrogen) atoms. The maximum absolute atomic E-state index is 10.6. The van der Waals surface area contributed by atoms with Crippen molar-refractivity contribution in [1.29, 1.82) is 0 Å². The monoisotopic (exact) mass is 805 g/mol. The molecule has 0 aliphatic carbocycles. The molecule has 0 radical (unpaired) electrons. The SMILES string of the molecule is O=C(O)c1cc(I)cc(I)c1O.OCc1cc(C(O)CNCCCCCCOCCCCc2ccccc2)ccc1O. The van der Waals surface area contributed by atoms with Gasteiger partial charge in [0.15, 0.2) is 0 Å². The maximum Gasteiger partial charge on any atom is 0.339 e. The highest BCUT2D eigenvalue weighted by molar-refractivity contribution is 14.1. The van der Waals surface area contributed by atoms with Gasteiger partial charge < -0.3 is 35.6 Å². The second-order valence-electron chi connectivity index (χ2n) is 9.82. The van der Waals surface area contributed by atoms with Crippen molar-refractivity contribution < 1.29 is 35.1 Å². The van der Waals surface area contributed by atoms with E-state index in [1.807, 2.05) is 45.2 Å². The standard InChI is InChI=1S/C25H37NO4.C7H4I2O3/c27-20-23-18-22(13-14-24(23)28)25(29)19-26-15-7-1-2-8-16-30-17-9-6-12-21-10-4-3-5-11-21;8-3-1-4(7(11)12)6(10)5(9)2-3/h3-5,10-11,13-14,18,25-29H,1-2,6-9,12,15-17,19-20H2;1-2,10H,(H,11,12). The molecule has 0 aromatic heterocycles. The zero-order chi connectivity index (χ0) is 30.7. The van der Waals surface area contributed by atoms with E-state index in [1.54, 1.807) is 18.2 Å². The third kappa shape index (κ3) is 14.0. The normalized spacial score (nSPS) is 11.5. The van der Waals surface area contributed by atoms with Crippen LogP contribution in [0.15, 0.2) is 60.7 Å². The second kappa shape index (κ2) is 20.9. The Balaban J connectivity index is 0.000000428. The molecule has 230 valence electrons. The van der Waals surface area contributed by atoms with E-state index in [2.05, 4.69) is 35.6 Å². The van der Waals surface area contributed by atoms with E-state index >= 15 is 0 Å². The molecule has 0 bridgehead atoms. The van der Waals surface area contributed by atoms with Gasteiger partial charge in [0.25, 0.3) is 0 Å². The van der Waals surface area contributed by atoms with Crippen LogP contribution in [0.25, 0.3) is 0 Å². The van der Waals surface area contributed by atoms with Gasteiger partial charge in [-0.3, -0.25) is 0 Å². The highest BCUT2D eigenvalue weighted by Crippen LogP contribution is 2.26. The zero-order valence-corrected chi connectivity index (χ0v) is 28.0. The van der Waals surface area contributed by atoms with Gasteiger partial charge in [0.05, 0.1) is 16.3 Å². The molecule has 3 rings (SSSR count). The Morgan fingerprint density at radius 2 is 1.57 bits per heavy atom. The molecule has 10 heteroatoms. The summed E-state index contributed by atoms with van der Waals surface area (Å²) in [4.78, 5) is 10.6. The van der Waals surface area contributed by atoms with Gasteiger partial charge >= 0.3 is 5.97 Å². The number of carboxylic acids is 1. The smallest absolute Gasteiger partial charge is 0.339 e. The Bertz CT molecular complexity index is 1210. The number of aryl methyl sites for hydroxylation is 1. The number of aliphatic hydroxyl groups is 2. The number of carboxylic acid groups (broad SMARTS) is 1. The number of phenols is 2. The van der Waals surface area contributed by atoms with Gasteiger partial charge in [-0.05, 0) is 119 Å². The lowest BCUT2D eigenvalue weighted by Gasteiger charge is -2.14. The van der Waals surface area contributed by atoms with Crippen molar-refractivity contribution in [1.82, 2.24) is 5.32 Å². The molecule has 0 heterocycles. The van der Waals surface area contributed by atoms with Crippen molar-refractivity contribution in [2.75, 3.05) is 26.3 Å². The lowest BCUT2D eigenvalue weighted by Crippen LogP contribution is -2.22. The number of halogens is 2. The van der Waals surface area contributed by atoms with E-state index < -0.39 is 12.1 Å². The fourth-order valence-corrected chi connectivity index (χ4v) is 5.96. The number of hydrogen-bond acceptors (Lipinski definition) is 7. The summed E-state index contributed by atoms with van der Waals surface area (Å²) in [5.74, 6) is -1.22. The first-order chi connectivity index (χ1) is 20.2. The van der Waals surface area contributed by atoms with E-state index in [0.29, 0.717) is 21.2 Å². The highest BCUT2D eigenvalue weighted by Gasteiger charge is 2.13. The first kappa shape index (κ1) is 36.2. The van der Waals surface area contributed by atoms with Gasteiger partial charge in [-0.25, -0.2) is 4.79 Å². The Hall–Kier alpha value is -1.97. The summed E-state index contributed by atoms with van der Waals surface area (Å²) in [6.07, 6.45) is 7.24. The number of aromatic carboxylic acids is 1. The largest absolute Gasteiger partial charge is 0.508 e. The van der Waals surface area contributed by atoms with Crippen molar-refractivity contribution in [2.45, 2.75) is 57.7 Å². The van der Waals surface area contributed by atoms with Crippen LogP contribution in [0.2, 0.25) is 0 Å². The van der Waals surface area contributed by atoms with Crippen LogP contribution in [0.5, 0.6) is 11.5 Å². The summed E-state index contributed by atoms with van der Waals surface area (Å²) >= 11 is 3.89. The fourth-order valence-electron chi connectivity index (χ4n) is 4.11. The quantitative estimate of drug-likeness (QED) is 0.0681. The Morgan fingerprint density at radius 3 is 2.26 bits per heavy atom. The molecular weight excluding hydrogens is 764 g/mol. The third-order valence-corrected chi connectivity index (χ3v) is 7.94. The average molecular weight is 805 g/mol. The van der Waals surface area contributed by atoms with Crippen LogP contribution < -0.4 is 5.32 Å². The van der Waals surface area contributed by atoms with Crippen molar-refractivity contribution in [3.05, 3.63) is 90.1 Å². The van der Waals surface area contributed by atoms with Gasteiger partial charge in [-0.15, -0.1) is 0 Å². The fraction of sp³-hybridized carbons (Fsp3) is 0.406. The number of hydrogen-bond donors (Lipinski definition) is 6. The molecular formula is C32H41I2NO7. The van der Waals surface area contributed by atoms with Crippen LogP contribution in [0, 0.1) is 7.14 Å². The second-order valence-corrected chi connectivity index (χ2v) is 12.2. The van der Waals surface area contributed by atoms with Crippen molar-refractivity contribution >= 4 is 51.2 Å². The number of rotatable bonds is 17. The molecule has 0 saturated carbocycles. The van der Waals surface area contributed by atoms with E-state index in [0.717, 1.165) is 61.9 Å². The average Bonchev–Trinajstić information content (AvgIpc) is 2.98. The van der Waals surface area contributed by atoms with Crippen molar-refractivity contribution in [3.8, 4) is 11.5 Å². The molecule has 0 spiro atoms. The zero-order valence-electron chi connectivity index (χ0n) is 23.6. The molecule has 0 amide bonds. The van der Waals surface area contributed by atoms with Crippen LogP contribution in [0.3, 0.4) is 0 Å². The predicted molar refractivity (Wildman–Crippen MR) is 181 cm³/mol. The molecule has 1 unspecified atom stereocenters. The molecule has 0 saturated heterocycles. The van der Waals surface area contributed by atoms with Gasteiger partial charge in [-0.1, -0.05) is 49.2 Å². The Labute approximate surface area is 275 Å². The predicted octanol–water partition coefficient (Wildman–Crippen LogP) is 6.41.